The number of nitrogens with zero attached hydrogens (tertiary/aromatic N) is 1. The Morgan fingerprint density at radius 1 is 1.43 bits per heavy atom. The predicted octanol–water partition coefficient (Wildman–Crippen LogP) is 0.778. The van der Waals surface area contributed by atoms with Gasteiger partial charge < -0.3 is 19.9 Å². The zero-order valence-electron chi connectivity index (χ0n) is 14.9. The molecule has 2 heterocycles. The molecule has 0 aromatic rings. The number of likely N-dealkylation sites (tertiary alicyclic amines) is 1. The van der Waals surface area contributed by atoms with Gasteiger partial charge in [0.15, 0.2) is 0 Å². The molecule has 1 amide bonds. The van der Waals surface area contributed by atoms with E-state index in [1.54, 1.807) is 7.11 Å². The fourth-order valence-corrected chi connectivity index (χ4v) is 3.46. The molecule has 2 aliphatic rings. The summed E-state index contributed by atoms with van der Waals surface area (Å²) < 4.78 is 11.0. The topological polar surface area (TPSA) is 71.0 Å². The highest BCUT2D eigenvalue weighted by atomic mass is 16.5. The number of hydrogen-bond donors (Lipinski definition) is 2. The molecule has 2 N–H and O–H groups in total. The molecular weight excluding hydrogens is 296 g/mol. The maximum Gasteiger partial charge on any atom is 0.220 e. The molecule has 2 aliphatic heterocycles. The minimum absolute atomic E-state index is 0.0239. The second-order valence-corrected chi connectivity index (χ2v) is 8.02. The molecule has 6 nitrogen and oxygen atoms in total. The van der Waals surface area contributed by atoms with Crippen LogP contribution < -0.4 is 5.32 Å². The quantitative estimate of drug-likeness (QED) is 0.754. The van der Waals surface area contributed by atoms with Crippen LogP contribution in [0.25, 0.3) is 0 Å². The highest BCUT2D eigenvalue weighted by Crippen LogP contribution is 2.23. The van der Waals surface area contributed by atoms with Crippen LogP contribution in [0.5, 0.6) is 0 Å². The lowest BCUT2D eigenvalue weighted by atomic mass is 9.91. The summed E-state index contributed by atoms with van der Waals surface area (Å²) >= 11 is 0. The summed E-state index contributed by atoms with van der Waals surface area (Å²) in [6.07, 6.45) is 1.84. The lowest BCUT2D eigenvalue weighted by molar-refractivity contribution is -0.124. The maximum atomic E-state index is 12.0. The second-order valence-electron chi connectivity index (χ2n) is 8.02. The summed E-state index contributed by atoms with van der Waals surface area (Å²) in [7, 11) is 1.72. The van der Waals surface area contributed by atoms with E-state index in [1.807, 2.05) is 20.8 Å². The maximum absolute atomic E-state index is 12.0. The highest BCUT2D eigenvalue weighted by molar-refractivity contribution is 5.77. The third-order valence-electron chi connectivity index (χ3n) is 4.59. The molecular formula is C17H32N2O4. The summed E-state index contributed by atoms with van der Waals surface area (Å²) in [6, 6.07) is 0.101. The molecule has 6 heteroatoms. The largest absolute Gasteiger partial charge is 0.388 e. The van der Waals surface area contributed by atoms with Crippen molar-refractivity contribution in [2.45, 2.75) is 64.3 Å². The van der Waals surface area contributed by atoms with E-state index in [-0.39, 0.29) is 23.5 Å². The zero-order chi connectivity index (χ0) is 17.0. The van der Waals surface area contributed by atoms with E-state index in [1.165, 1.54) is 0 Å². The Morgan fingerprint density at radius 3 is 2.83 bits per heavy atom. The number of rotatable bonds is 6. The monoisotopic (exact) mass is 328 g/mol. The lowest BCUT2D eigenvalue weighted by Gasteiger charge is -2.28. The standard InChI is InChI=1S/C17H32N2O4/c1-17(2,3)8-15(20)18-13-11-23-14(16(13)21)9-19-7-5-6-12(19)10-22-4/h12-14,16,21H,5-11H2,1-4H3,(H,18,20). The number of aliphatic hydroxyl groups excluding tert-OH is 1. The molecule has 2 fully saturated rings. The van der Waals surface area contributed by atoms with Gasteiger partial charge in [-0.05, 0) is 24.8 Å². The molecule has 0 radical (unpaired) electrons. The minimum atomic E-state index is -0.650. The average molecular weight is 328 g/mol. The summed E-state index contributed by atoms with van der Waals surface area (Å²) in [5.41, 5.74) is -0.0587. The van der Waals surface area contributed by atoms with Crippen molar-refractivity contribution < 1.29 is 19.4 Å². The van der Waals surface area contributed by atoms with Crippen LogP contribution >= 0.6 is 0 Å². The van der Waals surface area contributed by atoms with Gasteiger partial charge in [0.05, 0.1) is 25.4 Å². The van der Waals surface area contributed by atoms with E-state index < -0.39 is 6.10 Å². The predicted molar refractivity (Wildman–Crippen MR) is 88.2 cm³/mol. The molecule has 4 atom stereocenters. The second kappa shape index (κ2) is 7.92. The van der Waals surface area contributed by atoms with Crippen LogP contribution in [0.1, 0.15) is 40.0 Å². The molecule has 23 heavy (non-hydrogen) atoms. The van der Waals surface area contributed by atoms with E-state index in [0.29, 0.717) is 32.2 Å². The molecule has 2 saturated heterocycles. The summed E-state index contributed by atoms with van der Waals surface area (Å²) in [5.74, 6) is -0.0239. The van der Waals surface area contributed by atoms with Crippen LogP contribution in [-0.2, 0) is 14.3 Å². The van der Waals surface area contributed by atoms with Crippen LogP contribution in [0.15, 0.2) is 0 Å². The van der Waals surface area contributed by atoms with E-state index in [9.17, 15) is 9.90 Å². The molecule has 2 rings (SSSR count). The van der Waals surface area contributed by atoms with Gasteiger partial charge in [0.2, 0.25) is 5.91 Å². The number of nitrogens with one attached hydrogen (secondary N) is 1. The SMILES string of the molecule is COCC1CCCN1CC1OCC(NC(=O)CC(C)(C)C)C1O. The van der Waals surface area contributed by atoms with Gasteiger partial charge >= 0.3 is 0 Å². The van der Waals surface area contributed by atoms with Crippen molar-refractivity contribution in [3.63, 3.8) is 0 Å². The van der Waals surface area contributed by atoms with E-state index >= 15 is 0 Å². The smallest absolute Gasteiger partial charge is 0.220 e. The number of methoxy groups -OCH3 is 1. The molecule has 0 saturated carbocycles. The Balaban J connectivity index is 1.82. The van der Waals surface area contributed by atoms with Gasteiger partial charge in [-0.1, -0.05) is 20.8 Å². The van der Waals surface area contributed by atoms with Crippen LogP contribution in [0.4, 0.5) is 0 Å². The van der Waals surface area contributed by atoms with Crippen molar-refractivity contribution in [2.24, 2.45) is 5.41 Å². The third kappa shape index (κ3) is 5.41. The van der Waals surface area contributed by atoms with Crippen LogP contribution in [0, 0.1) is 5.41 Å². The first kappa shape index (κ1) is 18.6. The molecule has 0 aliphatic carbocycles. The number of aliphatic hydroxyl groups is 1. The molecule has 0 aromatic carbocycles. The Bertz CT molecular complexity index is 397. The van der Waals surface area contributed by atoms with Gasteiger partial charge in [-0.3, -0.25) is 9.69 Å². The molecule has 0 bridgehead atoms. The fraction of sp³-hybridized carbons (Fsp3) is 0.941. The van der Waals surface area contributed by atoms with Crippen molar-refractivity contribution in [3.8, 4) is 0 Å². The molecule has 134 valence electrons. The first-order valence-electron chi connectivity index (χ1n) is 8.62. The van der Waals surface area contributed by atoms with Crippen LogP contribution in [0.3, 0.4) is 0 Å². The van der Waals surface area contributed by atoms with Gasteiger partial charge in [-0.2, -0.15) is 0 Å². The van der Waals surface area contributed by atoms with E-state index in [2.05, 4.69) is 10.2 Å². The van der Waals surface area contributed by atoms with Gasteiger partial charge in [0, 0.05) is 26.1 Å². The van der Waals surface area contributed by atoms with Gasteiger partial charge in [-0.25, -0.2) is 0 Å². The van der Waals surface area contributed by atoms with Crippen LogP contribution in [-0.4, -0.2) is 73.6 Å². The Kier molecular flexibility index (Phi) is 6.42. The highest BCUT2D eigenvalue weighted by Gasteiger charge is 2.39. The van der Waals surface area contributed by atoms with Gasteiger partial charge in [-0.15, -0.1) is 0 Å². The first-order chi connectivity index (χ1) is 10.8. The number of hydrogen-bond acceptors (Lipinski definition) is 5. The third-order valence-corrected chi connectivity index (χ3v) is 4.59. The Labute approximate surface area is 139 Å². The molecule has 0 spiro atoms. The van der Waals surface area contributed by atoms with Crippen molar-refractivity contribution in [1.82, 2.24) is 10.2 Å². The fourth-order valence-electron chi connectivity index (χ4n) is 3.46. The number of carbonyl (C=O) groups is 1. The number of carbonyl (C=O) groups excluding carboxylic acids is 1. The Morgan fingerprint density at radius 2 is 2.17 bits per heavy atom. The summed E-state index contributed by atoms with van der Waals surface area (Å²) in [6.45, 7) is 8.89. The van der Waals surface area contributed by atoms with Crippen LogP contribution in [0.2, 0.25) is 0 Å². The zero-order valence-corrected chi connectivity index (χ0v) is 14.9. The summed E-state index contributed by atoms with van der Waals surface area (Å²) in [5, 5.41) is 13.4. The van der Waals surface area contributed by atoms with Crippen molar-refractivity contribution in [2.75, 3.05) is 33.4 Å². The van der Waals surface area contributed by atoms with Crippen molar-refractivity contribution >= 4 is 5.91 Å². The van der Waals surface area contributed by atoms with Gasteiger partial charge in [0.1, 0.15) is 6.10 Å². The van der Waals surface area contributed by atoms with E-state index in [0.717, 1.165) is 19.4 Å². The van der Waals surface area contributed by atoms with Gasteiger partial charge in [0.25, 0.3) is 0 Å². The van der Waals surface area contributed by atoms with Crippen molar-refractivity contribution in [3.05, 3.63) is 0 Å². The molecule has 0 aromatic heterocycles. The minimum Gasteiger partial charge on any atom is -0.388 e. The normalized spacial score (nSPS) is 32.4. The molecule has 4 unspecified atom stereocenters. The number of ether oxygens (including phenoxy) is 2. The first-order valence-corrected chi connectivity index (χ1v) is 8.62. The van der Waals surface area contributed by atoms with E-state index in [4.69, 9.17) is 9.47 Å². The Hall–Kier alpha value is -0.690. The average Bonchev–Trinajstić information content (AvgIpc) is 2.99. The lowest BCUT2D eigenvalue weighted by Crippen LogP contribution is -2.48. The number of amides is 1. The van der Waals surface area contributed by atoms with Crippen molar-refractivity contribution in [1.29, 1.82) is 0 Å². The summed E-state index contributed by atoms with van der Waals surface area (Å²) in [4.78, 5) is 14.4.